The number of hydrogen-bond acceptors (Lipinski definition) is 4. The van der Waals surface area contributed by atoms with E-state index in [9.17, 15) is 13.2 Å². The van der Waals surface area contributed by atoms with Crippen LogP contribution in [0.5, 0.6) is 0 Å². The van der Waals surface area contributed by atoms with Crippen molar-refractivity contribution in [3.8, 4) is 0 Å². The largest absolute Gasteiger partial charge is 0.443 e. The number of thiophene rings is 1. The van der Waals surface area contributed by atoms with E-state index < -0.39 is 11.2 Å². The summed E-state index contributed by atoms with van der Waals surface area (Å²) >= 11 is 2.42. The maximum Gasteiger partial charge on any atom is 0.443 e. The molecule has 2 nitrogen and oxygen atoms in total. The van der Waals surface area contributed by atoms with Gasteiger partial charge in [-0.1, -0.05) is 0 Å². The van der Waals surface area contributed by atoms with Crippen molar-refractivity contribution >= 4 is 22.7 Å². The fourth-order valence-electron chi connectivity index (χ4n) is 2.47. The lowest BCUT2D eigenvalue weighted by Crippen LogP contribution is -2.15. The van der Waals surface area contributed by atoms with Gasteiger partial charge in [-0.25, -0.2) is 4.98 Å². The van der Waals surface area contributed by atoms with Crippen LogP contribution in [0, 0.1) is 0 Å². The van der Waals surface area contributed by atoms with Gasteiger partial charge in [0.2, 0.25) is 0 Å². The van der Waals surface area contributed by atoms with E-state index in [0.717, 1.165) is 17.7 Å². The quantitative estimate of drug-likeness (QED) is 0.924. The van der Waals surface area contributed by atoms with Crippen LogP contribution in [0.3, 0.4) is 0 Å². The fourth-order valence-corrected chi connectivity index (χ4v) is 4.84. The molecule has 108 valence electrons. The lowest BCUT2D eigenvalue weighted by atomic mass is 10.2. The first-order valence-corrected chi connectivity index (χ1v) is 7.94. The molecule has 1 unspecified atom stereocenters. The van der Waals surface area contributed by atoms with Crippen molar-refractivity contribution in [1.29, 1.82) is 0 Å². The lowest BCUT2D eigenvalue weighted by Gasteiger charge is -2.12. The fraction of sp³-hybridized carbons (Fsp3) is 0.462. The van der Waals surface area contributed by atoms with Gasteiger partial charge in [-0.3, -0.25) is 0 Å². The summed E-state index contributed by atoms with van der Waals surface area (Å²) in [6.07, 6.45) is 0.327. The highest BCUT2D eigenvalue weighted by molar-refractivity contribution is 7.13. The first-order chi connectivity index (χ1) is 9.49. The van der Waals surface area contributed by atoms with E-state index in [2.05, 4.69) is 16.4 Å². The number of hydrogen-bond donors (Lipinski definition) is 1. The second-order valence-corrected chi connectivity index (χ2v) is 6.97. The van der Waals surface area contributed by atoms with Crippen molar-refractivity contribution in [2.75, 3.05) is 7.05 Å². The zero-order chi connectivity index (χ0) is 14.3. The standard InChI is InChI=1S/C13H13F3N2S2/c1-17-11(9-5-7-3-2-4-8(7)19-9)10-6-18-12(20-10)13(14,15)16/h5-6,11,17H,2-4H2,1H3. The molecule has 0 spiro atoms. The zero-order valence-corrected chi connectivity index (χ0v) is 12.4. The van der Waals surface area contributed by atoms with Gasteiger partial charge < -0.3 is 5.32 Å². The molecular formula is C13H13F3N2S2. The molecule has 2 aromatic rings. The number of thiazole rings is 1. The van der Waals surface area contributed by atoms with Crippen molar-refractivity contribution in [2.24, 2.45) is 0 Å². The Morgan fingerprint density at radius 2 is 2.05 bits per heavy atom. The van der Waals surface area contributed by atoms with Crippen LogP contribution in [-0.2, 0) is 19.0 Å². The summed E-state index contributed by atoms with van der Waals surface area (Å²) < 4.78 is 37.9. The van der Waals surface area contributed by atoms with Crippen molar-refractivity contribution in [1.82, 2.24) is 10.3 Å². The second-order valence-electron chi connectivity index (χ2n) is 4.74. The summed E-state index contributed by atoms with van der Waals surface area (Å²) in [5.74, 6) is 0. The van der Waals surface area contributed by atoms with Gasteiger partial charge in [0.1, 0.15) is 0 Å². The number of aryl methyl sites for hydroxylation is 2. The summed E-state index contributed by atoms with van der Waals surface area (Å²) in [7, 11) is 1.77. The molecule has 3 rings (SSSR count). The maximum absolute atomic E-state index is 12.6. The molecule has 0 amide bonds. The highest BCUT2D eigenvalue weighted by atomic mass is 32.1. The molecule has 1 N–H and O–H groups in total. The van der Waals surface area contributed by atoms with Crippen LogP contribution < -0.4 is 5.32 Å². The first-order valence-electron chi connectivity index (χ1n) is 6.30. The average molecular weight is 318 g/mol. The van der Waals surface area contributed by atoms with Crippen LogP contribution in [0.25, 0.3) is 0 Å². The van der Waals surface area contributed by atoms with E-state index in [1.807, 2.05) is 0 Å². The Bertz CT molecular complexity index is 594. The highest BCUT2D eigenvalue weighted by Crippen LogP contribution is 2.39. The molecule has 0 saturated heterocycles. The summed E-state index contributed by atoms with van der Waals surface area (Å²) in [5, 5.41) is 2.32. The predicted octanol–water partition coefficient (Wildman–Crippen LogP) is 4.02. The number of nitrogens with zero attached hydrogens (tertiary/aromatic N) is 1. The molecule has 2 heterocycles. The molecule has 2 aromatic heterocycles. The van der Waals surface area contributed by atoms with Gasteiger partial charge in [-0.2, -0.15) is 13.2 Å². The molecule has 0 aliphatic heterocycles. The molecule has 0 aromatic carbocycles. The molecule has 20 heavy (non-hydrogen) atoms. The van der Waals surface area contributed by atoms with Crippen LogP contribution in [0.15, 0.2) is 12.3 Å². The van der Waals surface area contributed by atoms with Gasteiger partial charge in [0.05, 0.1) is 6.04 Å². The Morgan fingerprint density at radius 1 is 1.25 bits per heavy atom. The Morgan fingerprint density at radius 3 is 2.65 bits per heavy atom. The third-order valence-corrected chi connectivity index (χ3v) is 5.80. The molecule has 7 heteroatoms. The SMILES string of the molecule is CNC(c1cnc(C(F)(F)F)s1)c1cc2c(s1)CCC2. The van der Waals surface area contributed by atoms with E-state index in [0.29, 0.717) is 16.2 Å². The Hall–Kier alpha value is -0.920. The van der Waals surface area contributed by atoms with Gasteiger partial charge in [0.15, 0.2) is 5.01 Å². The van der Waals surface area contributed by atoms with Gasteiger partial charge in [0.25, 0.3) is 0 Å². The highest BCUT2D eigenvalue weighted by Gasteiger charge is 2.35. The van der Waals surface area contributed by atoms with Crippen LogP contribution in [-0.4, -0.2) is 12.0 Å². The summed E-state index contributed by atoms with van der Waals surface area (Å²) in [4.78, 5) is 6.57. The molecule has 1 atom stereocenters. The molecule has 0 fully saturated rings. The van der Waals surface area contributed by atoms with E-state index >= 15 is 0 Å². The first kappa shape index (κ1) is 14.0. The maximum atomic E-state index is 12.6. The van der Waals surface area contributed by atoms with Crippen LogP contribution in [0.1, 0.15) is 37.7 Å². The zero-order valence-electron chi connectivity index (χ0n) is 10.8. The van der Waals surface area contributed by atoms with Gasteiger partial charge in [-0.15, -0.1) is 22.7 Å². The van der Waals surface area contributed by atoms with Crippen molar-refractivity contribution in [3.05, 3.63) is 37.5 Å². The van der Waals surface area contributed by atoms with Crippen molar-refractivity contribution in [3.63, 3.8) is 0 Å². The molecule has 1 aliphatic carbocycles. The lowest BCUT2D eigenvalue weighted by molar-refractivity contribution is -0.137. The van der Waals surface area contributed by atoms with E-state index in [4.69, 9.17) is 0 Å². The molecular weight excluding hydrogens is 305 g/mol. The minimum Gasteiger partial charge on any atom is -0.308 e. The van der Waals surface area contributed by atoms with E-state index in [1.54, 1.807) is 18.4 Å². The molecule has 1 aliphatic rings. The minimum absolute atomic E-state index is 0.195. The topological polar surface area (TPSA) is 24.9 Å². The Balaban J connectivity index is 1.91. The predicted molar refractivity (Wildman–Crippen MR) is 74.4 cm³/mol. The number of nitrogens with one attached hydrogen (secondary N) is 1. The van der Waals surface area contributed by atoms with Crippen molar-refractivity contribution < 1.29 is 13.2 Å². The van der Waals surface area contributed by atoms with Gasteiger partial charge in [-0.05, 0) is 37.9 Å². The number of alkyl halides is 3. The van der Waals surface area contributed by atoms with Crippen LogP contribution in [0.4, 0.5) is 13.2 Å². The van der Waals surface area contributed by atoms with Crippen LogP contribution in [0.2, 0.25) is 0 Å². The van der Waals surface area contributed by atoms with Gasteiger partial charge >= 0.3 is 6.18 Å². The third-order valence-electron chi connectivity index (χ3n) is 3.39. The minimum atomic E-state index is -4.36. The summed E-state index contributed by atoms with van der Waals surface area (Å²) in [5.41, 5.74) is 1.35. The number of rotatable bonds is 3. The number of halogens is 3. The Labute approximate surface area is 122 Å². The van der Waals surface area contributed by atoms with Crippen molar-refractivity contribution in [2.45, 2.75) is 31.5 Å². The average Bonchev–Trinajstić information content (AvgIpc) is 3.01. The summed E-state index contributed by atoms with van der Waals surface area (Å²) in [6, 6.07) is 1.93. The molecule has 0 bridgehead atoms. The third kappa shape index (κ3) is 2.49. The van der Waals surface area contributed by atoms with E-state index in [1.165, 1.54) is 23.1 Å². The molecule has 0 radical (unpaired) electrons. The van der Waals surface area contributed by atoms with E-state index in [-0.39, 0.29) is 6.04 Å². The number of fused-ring (bicyclic) bond motifs is 1. The smallest absolute Gasteiger partial charge is 0.308 e. The normalized spacial score (nSPS) is 16.4. The number of aromatic nitrogens is 1. The molecule has 0 saturated carbocycles. The second kappa shape index (κ2) is 5.13. The Kier molecular flexibility index (Phi) is 3.60. The monoisotopic (exact) mass is 318 g/mol. The summed E-state index contributed by atoms with van der Waals surface area (Å²) in [6.45, 7) is 0. The van der Waals surface area contributed by atoms with Gasteiger partial charge in [0, 0.05) is 20.8 Å². The van der Waals surface area contributed by atoms with Crippen LogP contribution >= 0.6 is 22.7 Å².